The molecule has 0 bridgehead atoms. The van der Waals surface area contributed by atoms with Gasteiger partial charge >= 0.3 is 6.18 Å². The lowest BCUT2D eigenvalue weighted by Crippen LogP contribution is -2.30. The Hall–Kier alpha value is -3.40. The number of nitrogens with one attached hydrogen (secondary N) is 2. The second kappa shape index (κ2) is 9.17. The van der Waals surface area contributed by atoms with E-state index in [-0.39, 0.29) is 17.7 Å². The summed E-state index contributed by atoms with van der Waals surface area (Å²) in [6, 6.07) is 7.72. The molecular formula is C21H22F3N5O2. The van der Waals surface area contributed by atoms with Gasteiger partial charge in [0.2, 0.25) is 0 Å². The Morgan fingerprint density at radius 1 is 1.19 bits per heavy atom. The number of hydrogen-bond donors (Lipinski definition) is 2. The number of amides is 1. The van der Waals surface area contributed by atoms with Crippen LogP contribution in [0.3, 0.4) is 0 Å². The molecule has 1 amide bonds. The lowest BCUT2D eigenvalue weighted by molar-refractivity contribution is -0.137. The van der Waals surface area contributed by atoms with Crippen molar-refractivity contribution in [2.45, 2.75) is 25.8 Å². The van der Waals surface area contributed by atoms with E-state index in [1.54, 1.807) is 16.9 Å². The molecule has 2 heterocycles. The van der Waals surface area contributed by atoms with Gasteiger partial charge in [0.05, 0.1) is 11.8 Å². The third-order valence-corrected chi connectivity index (χ3v) is 4.57. The van der Waals surface area contributed by atoms with Gasteiger partial charge in [0, 0.05) is 44.1 Å². The van der Waals surface area contributed by atoms with Crippen LogP contribution in [0.2, 0.25) is 0 Å². The predicted octanol–water partition coefficient (Wildman–Crippen LogP) is 2.69. The summed E-state index contributed by atoms with van der Waals surface area (Å²) in [4.78, 5) is 29.3. The highest BCUT2D eigenvalue weighted by Gasteiger charge is 2.30. The fourth-order valence-electron chi connectivity index (χ4n) is 3.13. The number of H-pyrrole nitrogens is 1. The van der Waals surface area contributed by atoms with Crippen molar-refractivity contribution in [1.29, 1.82) is 0 Å². The first-order valence-corrected chi connectivity index (χ1v) is 9.44. The molecule has 2 aromatic heterocycles. The zero-order valence-corrected chi connectivity index (χ0v) is 17.0. The number of carbonyl (C=O) groups excluding carboxylic acids is 1. The maximum Gasteiger partial charge on any atom is 0.416 e. The summed E-state index contributed by atoms with van der Waals surface area (Å²) >= 11 is 0. The number of aromatic nitrogens is 3. The summed E-state index contributed by atoms with van der Waals surface area (Å²) in [7, 11) is 3.72. The van der Waals surface area contributed by atoms with Crippen LogP contribution in [0.5, 0.6) is 0 Å². The lowest BCUT2D eigenvalue weighted by atomic mass is 10.1. The first-order valence-electron chi connectivity index (χ1n) is 9.44. The van der Waals surface area contributed by atoms with E-state index in [1.165, 1.54) is 18.2 Å². The first kappa shape index (κ1) is 22.3. The van der Waals surface area contributed by atoms with Crippen LogP contribution in [0.1, 0.15) is 32.7 Å². The lowest BCUT2D eigenvalue weighted by Gasteiger charge is -2.15. The van der Waals surface area contributed by atoms with Gasteiger partial charge in [-0.3, -0.25) is 19.2 Å². The van der Waals surface area contributed by atoms with E-state index in [1.807, 2.05) is 25.2 Å². The molecule has 10 heteroatoms. The van der Waals surface area contributed by atoms with Gasteiger partial charge in [-0.05, 0) is 36.9 Å². The number of carbonyl (C=O) groups is 1. The van der Waals surface area contributed by atoms with Crippen molar-refractivity contribution in [3.8, 4) is 0 Å². The Morgan fingerprint density at radius 2 is 1.97 bits per heavy atom. The normalized spacial score (nSPS) is 11.7. The third kappa shape index (κ3) is 6.05. The second-order valence-electron chi connectivity index (χ2n) is 7.30. The van der Waals surface area contributed by atoms with Gasteiger partial charge in [0.25, 0.3) is 11.5 Å². The Morgan fingerprint density at radius 3 is 2.61 bits per heavy atom. The Kier molecular flexibility index (Phi) is 6.59. The average molecular weight is 433 g/mol. The van der Waals surface area contributed by atoms with E-state index in [9.17, 15) is 22.8 Å². The second-order valence-corrected chi connectivity index (χ2v) is 7.30. The fourth-order valence-corrected chi connectivity index (χ4v) is 3.13. The van der Waals surface area contributed by atoms with E-state index in [0.29, 0.717) is 18.8 Å². The molecule has 7 nitrogen and oxygen atoms in total. The van der Waals surface area contributed by atoms with Crippen LogP contribution in [-0.4, -0.2) is 32.6 Å². The maximum absolute atomic E-state index is 12.8. The molecule has 0 unspecified atom stereocenters. The van der Waals surface area contributed by atoms with E-state index >= 15 is 0 Å². The minimum atomic E-state index is -4.46. The predicted molar refractivity (Wildman–Crippen MR) is 108 cm³/mol. The van der Waals surface area contributed by atoms with Crippen LogP contribution in [-0.2, 0) is 32.9 Å². The SMILES string of the molecule is CN(Cc1cnn(C)c1)Cc1ccc(C(=O)NCc2cccc(C(F)(F)F)c2)c(=O)[nH]1. The summed E-state index contributed by atoms with van der Waals surface area (Å²) < 4.78 is 40.1. The number of benzene rings is 1. The van der Waals surface area contributed by atoms with Gasteiger partial charge in [0.1, 0.15) is 5.56 Å². The smallest absolute Gasteiger partial charge is 0.348 e. The molecule has 2 N–H and O–H groups in total. The van der Waals surface area contributed by atoms with Crippen molar-refractivity contribution in [3.05, 3.63) is 87.1 Å². The molecule has 1 aromatic carbocycles. The first-order chi connectivity index (χ1) is 14.6. The fraction of sp³-hybridized carbons (Fsp3) is 0.286. The van der Waals surface area contributed by atoms with Crippen molar-refractivity contribution in [2.75, 3.05) is 7.05 Å². The molecule has 164 valence electrons. The minimum Gasteiger partial charge on any atom is -0.348 e. The number of aryl methyl sites for hydroxylation is 1. The largest absolute Gasteiger partial charge is 0.416 e. The summed E-state index contributed by atoms with van der Waals surface area (Å²) in [5, 5.41) is 6.59. The van der Waals surface area contributed by atoms with Gasteiger partial charge in [-0.25, -0.2) is 0 Å². The Bertz CT molecular complexity index is 1120. The van der Waals surface area contributed by atoms with Crippen LogP contribution < -0.4 is 10.9 Å². The topological polar surface area (TPSA) is 83.0 Å². The third-order valence-electron chi connectivity index (χ3n) is 4.57. The summed E-state index contributed by atoms with van der Waals surface area (Å²) in [5.74, 6) is -0.658. The van der Waals surface area contributed by atoms with E-state index in [2.05, 4.69) is 15.4 Å². The van der Waals surface area contributed by atoms with Gasteiger partial charge in [0.15, 0.2) is 0 Å². The number of alkyl halides is 3. The quantitative estimate of drug-likeness (QED) is 0.600. The number of hydrogen-bond acceptors (Lipinski definition) is 4. The van der Waals surface area contributed by atoms with Gasteiger partial charge < -0.3 is 10.3 Å². The highest BCUT2D eigenvalue weighted by Crippen LogP contribution is 2.29. The molecular weight excluding hydrogens is 411 g/mol. The number of halogens is 3. The monoisotopic (exact) mass is 433 g/mol. The Labute approximate surface area is 176 Å². The molecule has 0 spiro atoms. The highest BCUT2D eigenvalue weighted by molar-refractivity contribution is 5.93. The maximum atomic E-state index is 12.8. The number of nitrogens with zero attached hydrogens (tertiary/aromatic N) is 3. The van der Waals surface area contributed by atoms with Crippen molar-refractivity contribution in [1.82, 2.24) is 25.0 Å². The number of aromatic amines is 1. The molecule has 0 saturated heterocycles. The van der Waals surface area contributed by atoms with Crippen molar-refractivity contribution >= 4 is 5.91 Å². The van der Waals surface area contributed by atoms with E-state index in [0.717, 1.165) is 17.7 Å². The molecule has 3 rings (SSSR count). The van der Waals surface area contributed by atoms with Crippen LogP contribution in [0, 0.1) is 0 Å². The molecule has 3 aromatic rings. The zero-order chi connectivity index (χ0) is 22.6. The van der Waals surface area contributed by atoms with Crippen LogP contribution in [0.15, 0.2) is 53.6 Å². The standard InChI is InChI=1S/C21H22F3N5O2/c1-28(11-15-10-26-29(2)12-15)13-17-6-7-18(20(31)27-17)19(30)25-9-14-4-3-5-16(8-14)21(22,23)24/h3-8,10,12H,9,11,13H2,1-2H3,(H,25,30)(H,27,31). The molecule has 0 aliphatic rings. The van der Waals surface area contributed by atoms with Crippen molar-refractivity contribution < 1.29 is 18.0 Å². The Balaban J connectivity index is 1.60. The van der Waals surface area contributed by atoms with Gasteiger partial charge in [-0.15, -0.1) is 0 Å². The number of rotatable bonds is 7. The van der Waals surface area contributed by atoms with Crippen molar-refractivity contribution in [3.63, 3.8) is 0 Å². The van der Waals surface area contributed by atoms with Crippen LogP contribution >= 0.6 is 0 Å². The molecule has 0 saturated carbocycles. The van der Waals surface area contributed by atoms with Gasteiger partial charge in [-0.1, -0.05) is 12.1 Å². The molecule has 0 radical (unpaired) electrons. The molecule has 0 fully saturated rings. The average Bonchev–Trinajstić information content (AvgIpc) is 3.10. The zero-order valence-electron chi connectivity index (χ0n) is 17.0. The van der Waals surface area contributed by atoms with Gasteiger partial charge in [-0.2, -0.15) is 18.3 Å². The molecule has 0 aliphatic carbocycles. The minimum absolute atomic E-state index is 0.106. The molecule has 0 atom stereocenters. The van der Waals surface area contributed by atoms with E-state index in [4.69, 9.17) is 0 Å². The van der Waals surface area contributed by atoms with Crippen molar-refractivity contribution in [2.24, 2.45) is 7.05 Å². The summed E-state index contributed by atoms with van der Waals surface area (Å²) in [6.45, 7) is 0.961. The van der Waals surface area contributed by atoms with E-state index < -0.39 is 23.2 Å². The number of pyridine rings is 1. The highest BCUT2D eigenvalue weighted by atomic mass is 19.4. The van der Waals surface area contributed by atoms with Crippen LogP contribution in [0.4, 0.5) is 13.2 Å². The summed E-state index contributed by atoms with van der Waals surface area (Å²) in [5.41, 5.74) is 0.480. The summed E-state index contributed by atoms with van der Waals surface area (Å²) in [6.07, 6.45) is -0.800. The van der Waals surface area contributed by atoms with Crippen LogP contribution in [0.25, 0.3) is 0 Å². The molecule has 0 aliphatic heterocycles. The molecule has 31 heavy (non-hydrogen) atoms.